The molecule has 0 spiro atoms. The number of aromatic amines is 1. The van der Waals surface area contributed by atoms with Gasteiger partial charge in [-0.15, -0.1) is 5.10 Å². The average molecular weight is 838 g/mol. The van der Waals surface area contributed by atoms with Crippen LogP contribution in [0.25, 0.3) is 0 Å². The van der Waals surface area contributed by atoms with Gasteiger partial charge in [0.05, 0.1) is 31.7 Å². The third-order valence-corrected chi connectivity index (χ3v) is 7.02. The van der Waals surface area contributed by atoms with Crippen molar-refractivity contribution < 1.29 is 173 Å². The van der Waals surface area contributed by atoms with Crippen LogP contribution in [0.15, 0.2) is 0 Å². The summed E-state index contributed by atoms with van der Waals surface area (Å²) < 4.78 is 73.9. The van der Waals surface area contributed by atoms with E-state index < -0.39 is 31.7 Å². The zero-order chi connectivity index (χ0) is 34.1. The van der Waals surface area contributed by atoms with E-state index in [1.165, 1.54) is 0 Å². The molecule has 0 atom stereocenters. The molecule has 262 valence electrons. The van der Waals surface area contributed by atoms with Crippen molar-refractivity contribution in [3.8, 4) is 0 Å². The molecule has 0 aliphatic carbocycles. The topological polar surface area (TPSA) is 389 Å². The van der Waals surface area contributed by atoms with E-state index in [1.54, 1.807) is 0 Å². The van der Waals surface area contributed by atoms with Gasteiger partial charge < -0.3 is 40.9 Å². The number of hydrogen-bond acceptors (Lipinski definition) is 28. The van der Waals surface area contributed by atoms with Crippen LogP contribution in [0.1, 0.15) is 0 Å². The molecular formula is C16H23N15Na4O12S4. The van der Waals surface area contributed by atoms with Crippen LogP contribution in [0.4, 0.5) is 47.6 Å². The summed E-state index contributed by atoms with van der Waals surface area (Å²) in [5.74, 6) is -1.58. The van der Waals surface area contributed by atoms with Gasteiger partial charge in [0.15, 0.2) is 0 Å². The quantitative estimate of drug-likeness (QED) is 0.0110. The molecule has 0 saturated heterocycles. The minimum Gasteiger partial charge on any atom is -0.748 e. The molecule has 0 aromatic carbocycles. The zero-order valence-electron chi connectivity index (χ0n) is 27.3. The second kappa shape index (κ2) is 28.6. The van der Waals surface area contributed by atoms with Crippen molar-refractivity contribution in [2.45, 2.75) is 0 Å². The summed E-state index contributed by atoms with van der Waals surface area (Å²) in [6.45, 7) is -0.228. The first-order valence-corrected chi connectivity index (χ1v) is 17.4. The zero-order valence-corrected chi connectivity index (χ0v) is 38.5. The van der Waals surface area contributed by atoms with Gasteiger partial charge in [0.25, 0.3) is 5.95 Å². The molecule has 0 amide bonds. The van der Waals surface area contributed by atoms with Crippen LogP contribution in [-0.2, 0) is 39.0 Å². The number of aromatic nitrogens is 9. The van der Waals surface area contributed by atoms with E-state index >= 15 is 0 Å². The Bertz CT molecular complexity index is 1550. The van der Waals surface area contributed by atoms with Gasteiger partial charge in [0, 0.05) is 61.8 Å². The molecular weight excluding hydrogens is 814 g/mol. The number of H-pyrrole nitrogens is 1. The molecule has 0 saturated carbocycles. The number of nitrogens with one attached hydrogen (secondary N) is 7. The van der Waals surface area contributed by atoms with Gasteiger partial charge in [-0.05, 0) is 0 Å². The molecule has 3 heterocycles. The van der Waals surface area contributed by atoms with Crippen LogP contribution in [0.2, 0.25) is 0 Å². The van der Waals surface area contributed by atoms with Crippen molar-refractivity contribution >= 4 is 91.9 Å². The summed E-state index contributed by atoms with van der Waals surface area (Å²) >= 11 is 1.48. The maximum Gasteiger partial charge on any atom is 1.00 e. The van der Waals surface area contributed by atoms with Gasteiger partial charge in [0.1, 0.15) is 0 Å². The average Bonchev–Trinajstić information content (AvgIpc) is 3.41. The first kappa shape index (κ1) is 53.3. The second-order valence-electron chi connectivity index (χ2n) is 8.02. The van der Waals surface area contributed by atoms with E-state index in [4.69, 9.17) is 0 Å². The molecule has 0 radical (unpaired) electrons. The molecule has 0 unspecified atom stereocenters. The molecule has 51 heavy (non-hydrogen) atoms. The Balaban J connectivity index is 0. The summed E-state index contributed by atoms with van der Waals surface area (Å²) in [5.41, 5.74) is 0. The van der Waals surface area contributed by atoms with Gasteiger partial charge >= 0.3 is 118 Å². The largest absolute Gasteiger partial charge is 1.00 e. The summed E-state index contributed by atoms with van der Waals surface area (Å²) in [4.78, 5) is 28.7. The minimum atomic E-state index is -4.55. The summed E-state index contributed by atoms with van der Waals surface area (Å²) in [6, 6.07) is 0. The second-order valence-corrected chi connectivity index (χ2v) is 12.6. The summed E-state index contributed by atoms with van der Waals surface area (Å²) in [5, 5.41) is 49.1. The van der Waals surface area contributed by atoms with Crippen LogP contribution in [0.5, 0.6) is 0 Å². The smallest absolute Gasteiger partial charge is 0.748 e. The third kappa shape index (κ3) is 24.4. The fourth-order valence-electron chi connectivity index (χ4n) is 2.85. The van der Waals surface area contributed by atoms with E-state index in [2.05, 4.69) is 95.7 Å². The normalized spacial score (nSPS) is 10.7. The molecule has 7 N–H and O–H groups in total. The number of hydrogen-bond donors (Lipinski definition) is 7. The summed E-state index contributed by atoms with van der Waals surface area (Å²) in [6.07, 6.45) is 0. The Morgan fingerprint density at radius 1 is 0.549 bits per heavy atom. The molecule has 3 aromatic heterocycles. The molecule has 3 rings (SSSR count). The van der Waals surface area contributed by atoms with Crippen molar-refractivity contribution in [3.05, 3.63) is 0 Å². The van der Waals surface area contributed by atoms with Gasteiger partial charge in [-0.3, -0.25) is 20.7 Å². The monoisotopic (exact) mass is 837 g/mol. The Morgan fingerprint density at radius 3 is 1.31 bits per heavy atom. The van der Waals surface area contributed by atoms with Gasteiger partial charge in [-0.1, -0.05) is 0 Å². The molecule has 0 fully saturated rings. The van der Waals surface area contributed by atoms with Crippen molar-refractivity contribution in [1.82, 2.24) is 45.1 Å². The van der Waals surface area contributed by atoms with E-state index in [9.17, 15) is 36.5 Å². The van der Waals surface area contributed by atoms with Gasteiger partial charge in [-0.25, -0.2) is 21.9 Å². The molecule has 3 aromatic rings. The third-order valence-electron chi connectivity index (χ3n) is 4.57. The molecule has 0 aliphatic heterocycles. The van der Waals surface area contributed by atoms with E-state index in [1.807, 2.05) is 0 Å². The molecule has 0 bridgehead atoms. The predicted molar refractivity (Wildman–Crippen MR) is 155 cm³/mol. The summed E-state index contributed by atoms with van der Waals surface area (Å²) in [7, 11) is -9.10. The minimum absolute atomic E-state index is 0. The maximum atomic E-state index is 10.9. The number of nitrogens with zero attached hydrogens (tertiary/aromatic N) is 8. The van der Waals surface area contributed by atoms with Gasteiger partial charge in [0.2, 0.25) is 41.6 Å². The van der Waals surface area contributed by atoms with E-state index in [0.717, 1.165) is 24.1 Å². The van der Waals surface area contributed by atoms with Crippen LogP contribution in [-0.4, -0.2) is 120 Å². The fourth-order valence-corrected chi connectivity index (χ4v) is 4.14. The van der Waals surface area contributed by atoms with Crippen LogP contribution in [0.3, 0.4) is 0 Å². The maximum absolute atomic E-state index is 10.9. The first-order valence-electron chi connectivity index (χ1n) is 12.4. The Kier molecular flexibility index (Phi) is 29.9. The van der Waals surface area contributed by atoms with Crippen LogP contribution in [0, 0.1) is 0 Å². The Hall–Kier alpha value is 0.240. The SMILES string of the molecule is O=S(=O)([O-])CCNc1nc(NCCS(=O)(=O)[O-])nc(Nc2n[nH]c(Nc3nc(NCCSOO[O-])nc(NCCSOO[O-])n3)n2)n1.[Na+].[Na+].[Na+].[Na+]. The van der Waals surface area contributed by atoms with Crippen molar-refractivity contribution in [2.24, 2.45) is 0 Å². The van der Waals surface area contributed by atoms with Gasteiger partial charge in [-0.2, -0.15) is 43.6 Å². The van der Waals surface area contributed by atoms with Crippen molar-refractivity contribution in [3.63, 3.8) is 0 Å². The first-order chi connectivity index (χ1) is 22.4. The van der Waals surface area contributed by atoms with Crippen molar-refractivity contribution in [1.29, 1.82) is 0 Å². The molecule has 0 aliphatic rings. The fraction of sp³-hybridized carbons (Fsp3) is 0.500. The van der Waals surface area contributed by atoms with Crippen LogP contribution < -0.4 is 161 Å². The Morgan fingerprint density at radius 2 is 0.922 bits per heavy atom. The molecule has 27 nitrogen and oxygen atoms in total. The van der Waals surface area contributed by atoms with E-state index in [-0.39, 0.29) is 204 Å². The predicted octanol–water partition coefficient (Wildman–Crippen LogP) is -15.8. The number of anilines is 8. The standard InChI is InChI=1S/C16H27N15O12S4.4Na/c32-40-42-44-5-1-17-9-21-10(18-2-6-45-43-41-33)24-13(23-9)27-15-29-16(31-30-15)28-14-25-11(19-3-7-46(34,35)36)22-12(26-14)20-4-8-47(37,38)39;;;;/h32-33H,1-8H2,(H,34,35,36)(H,37,38,39)(H7,17,18,19,20,21,22,23,24,25,26,27,28,29,30,31);;;;/q;4*+1/p-4. The van der Waals surface area contributed by atoms with Crippen LogP contribution >= 0.6 is 24.1 Å². The molecule has 35 heteroatoms. The number of rotatable bonds is 24. The van der Waals surface area contributed by atoms with E-state index in [0.29, 0.717) is 0 Å². The Labute approximate surface area is 386 Å². The van der Waals surface area contributed by atoms with Crippen molar-refractivity contribution in [2.75, 3.05) is 81.1 Å².